The summed E-state index contributed by atoms with van der Waals surface area (Å²) in [6.45, 7) is 5.15. The van der Waals surface area contributed by atoms with Crippen molar-refractivity contribution in [3.8, 4) is 5.75 Å². The van der Waals surface area contributed by atoms with Gasteiger partial charge in [-0.1, -0.05) is 36.4 Å². The number of H-pyrrole nitrogens is 1. The third kappa shape index (κ3) is 6.09. The van der Waals surface area contributed by atoms with Crippen molar-refractivity contribution >= 4 is 5.97 Å². The number of benzene rings is 2. The summed E-state index contributed by atoms with van der Waals surface area (Å²) in [6.07, 6.45) is 1.76. The fourth-order valence-electron chi connectivity index (χ4n) is 3.58. The molecular weight excluding hydrogens is 430 g/mol. The highest BCUT2D eigenvalue weighted by Gasteiger charge is 2.21. The maximum Gasteiger partial charge on any atom is 0.356 e. The lowest BCUT2D eigenvalue weighted by molar-refractivity contribution is -0.724. The molecule has 2 heterocycles. The summed E-state index contributed by atoms with van der Waals surface area (Å²) in [5.74, 6) is -0.152. The molecule has 1 aliphatic rings. The number of carboxylic acids is 1. The lowest BCUT2D eigenvalue weighted by Crippen LogP contribution is -3.00. The van der Waals surface area contributed by atoms with Crippen molar-refractivity contribution in [3.63, 3.8) is 0 Å². The van der Waals surface area contributed by atoms with Crippen molar-refractivity contribution in [2.75, 3.05) is 26.3 Å². The van der Waals surface area contributed by atoms with E-state index in [0.29, 0.717) is 25.7 Å². The molecule has 0 radical (unpaired) electrons. The number of aryl methyl sites for hydroxylation is 1. The van der Waals surface area contributed by atoms with E-state index in [-0.39, 0.29) is 18.1 Å². The summed E-state index contributed by atoms with van der Waals surface area (Å²) in [4.78, 5) is 11.3. The molecular formula is C24H28ClN3O4. The van der Waals surface area contributed by atoms with Crippen LogP contribution in [0.15, 0.2) is 48.5 Å². The number of aromatic carboxylic acids is 1. The fourth-order valence-corrected chi connectivity index (χ4v) is 3.58. The first kappa shape index (κ1) is 23.8. The molecule has 3 aromatic rings. The van der Waals surface area contributed by atoms with Gasteiger partial charge in [0.15, 0.2) is 11.8 Å². The number of nitrogens with two attached hydrogens (primary N) is 1. The van der Waals surface area contributed by atoms with Crippen LogP contribution in [0.1, 0.15) is 38.4 Å². The average molecular weight is 458 g/mol. The van der Waals surface area contributed by atoms with Crippen molar-refractivity contribution in [2.24, 2.45) is 0 Å². The molecule has 1 aliphatic heterocycles. The minimum atomic E-state index is -1.01. The Bertz CT molecular complexity index is 1010. The quantitative estimate of drug-likeness (QED) is 0.337. The molecule has 32 heavy (non-hydrogen) atoms. The monoisotopic (exact) mass is 457 g/mol. The molecule has 0 amide bonds. The maximum atomic E-state index is 11.3. The molecule has 0 aliphatic carbocycles. The van der Waals surface area contributed by atoms with E-state index < -0.39 is 5.97 Å². The number of quaternary nitrogens is 1. The lowest BCUT2D eigenvalue weighted by Gasteiger charge is -2.22. The second-order valence-electron chi connectivity index (χ2n) is 7.90. The minimum absolute atomic E-state index is 0. The van der Waals surface area contributed by atoms with E-state index in [9.17, 15) is 9.90 Å². The van der Waals surface area contributed by atoms with E-state index in [2.05, 4.69) is 39.8 Å². The van der Waals surface area contributed by atoms with Gasteiger partial charge in [-0.25, -0.2) is 4.79 Å². The zero-order valence-electron chi connectivity index (χ0n) is 18.0. The summed E-state index contributed by atoms with van der Waals surface area (Å²) < 4.78 is 11.4. The summed E-state index contributed by atoms with van der Waals surface area (Å²) >= 11 is 0. The molecule has 7 nitrogen and oxygen atoms in total. The van der Waals surface area contributed by atoms with Gasteiger partial charge in [-0.2, -0.15) is 5.10 Å². The molecule has 1 aromatic heterocycles. The van der Waals surface area contributed by atoms with Crippen LogP contribution in [0.3, 0.4) is 0 Å². The maximum absolute atomic E-state index is 11.3. The molecule has 0 bridgehead atoms. The molecule has 0 spiro atoms. The molecule has 4 rings (SSSR count). The zero-order chi connectivity index (χ0) is 21.6. The molecule has 0 saturated carbocycles. The van der Waals surface area contributed by atoms with Gasteiger partial charge in [0.25, 0.3) is 0 Å². The summed E-state index contributed by atoms with van der Waals surface area (Å²) in [5.41, 5.74) is 5.08. The first-order valence-electron chi connectivity index (χ1n) is 10.6. The molecule has 0 atom stereocenters. The Morgan fingerprint density at radius 3 is 2.19 bits per heavy atom. The second kappa shape index (κ2) is 11.1. The predicted molar refractivity (Wildman–Crippen MR) is 116 cm³/mol. The molecule has 170 valence electrons. The highest BCUT2D eigenvalue weighted by Crippen LogP contribution is 2.19. The van der Waals surface area contributed by atoms with Crippen LogP contribution in [0.25, 0.3) is 0 Å². The van der Waals surface area contributed by atoms with Crippen LogP contribution >= 0.6 is 0 Å². The number of hydrogen-bond acceptors (Lipinski definition) is 4. The smallest absolute Gasteiger partial charge is 0.356 e. The van der Waals surface area contributed by atoms with Crippen LogP contribution in [-0.2, 0) is 17.6 Å². The Morgan fingerprint density at radius 1 is 1.03 bits per heavy atom. The normalized spacial score (nSPS) is 13.3. The van der Waals surface area contributed by atoms with Gasteiger partial charge in [-0.05, 0) is 42.2 Å². The van der Waals surface area contributed by atoms with Gasteiger partial charge in [0, 0.05) is 17.7 Å². The SMILES string of the molecule is Cc1[nH]nc(C(=O)O)c1Cc1ccc(Cc2ccc(OCCOC3C[NH2+]C3)cc2)cc1.[Cl-]. The number of halogens is 1. The van der Waals surface area contributed by atoms with Crippen LogP contribution < -0.4 is 22.5 Å². The van der Waals surface area contributed by atoms with Gasteiger partial charge in [0.2, 0.25) is 0 Å². The number of hydrogen-bond donors (Lipinski definition) is 3. The average Bonchev–Trinajstić information content (AvgIpc) is 3.10. The molecule has 4 N–H and O–H groups in total. The van der Waals surface area contributed by atoms with Gasteiger partial charge < -0.3 is 32.3 Å². The van der Waals surface area contributed by atoms with Gasteiger partial charge in [0.1, 0.15) is 25.4 Å². The molecule has 1 saturated heterocycles. The Balaban J connectivity index is 0.00000289. The number of aromatic nitrogens is 2. The number of nitrogens with zero attached hydrogens (tertiary/aromatic N) is 1. The Morgan fingerprint density at radius 2 is 1.62 bits per heavy atom. The van der Waals surface area contributed by atoms with Crippen LogP contribution in [-0.4, -0.2) is 53.7 Å². The highest BCUT2D eigenvalue weighted by atomic mass is 35.5. The molecule has 8 heteroatoms. The van der Waals surface area contributed by atoms with E-state index in [1.807, 2.05) is 31.2 Å². The Hall–Kier alpha value is -2.87. The van der Waals surface area contributed by atoms with Crippen LogP contribution in [0.2, 0.25) is 0 Å². The first-order chi connectivity index (χ1) is 15.1. The molecule has 0 unspecified atom stereocenters. The van der Waals surface area contributed by atoms with Gasteiger partial charge in [-0.3, -0.25) is 5.10 Å². The minimum Gasteiger partial charge on any atom is -1.00 e. The van der Waals surface area contributed by atoms with Crippen molar-refractivity contribution in [1.82, 2.24) is 10.2 Å². The Labute approximate surface area is 193 Å². The van der Waals surface area contributed by atoms with E-state index >= 15 is 0 Å². The first-order valence-corrected chi connectivity index (χ1v) is 10.6. The topological polar surface area (TPSA) is 101 Å². The lowest BCUT2D eigenvalue weighted by atomic mass is 9.99. The third-order valence-electron chi connectivity index (χ3n) is 5.58. The largest absolute Gasteiger partial charge is 1.00 e. The van der Waals surface area contributed by atoms with Crippen LogP contribution in [0, 0.1) is 6.92 Å². The number of carboxylic acid groups (broad SMARTS) is 1. The fraction of sp³-hybridized carbons (Fsp3) is 0.333. The Kier molecular flexibility index (Phi) is 8.27. The van der Waals surface area contributed by atoms with Gasteiger partial charge in [0.05, 0.1) is 6.61 Å². The summed E-state index contributed by atoms with van der Waals surface area (Å²) in [6, 6.07) is 16.4. The number of nitrogens with one attached hydrogen (secondary N) is 1. The summed E-state index contributed by atoms with van der Waals surface area (Å²) in [5, 5.41) is 18.2. The number of rotatable bonds is 10. The third-order valence-corrected chi connectivity index (χ3v) is 5.58. The van der Waals surface area contributed by atoms with E-state index in [0.717, 1.165) is 42.1 Å². The van der Waals surface area contributed by atoms with Crippen molar-refractivity contribution in [2.45, 2.75) is 25.9 Å². The van der Waals surface area contributed by atoms with Crippen LogP contribution in [0.4, 0.5) is 0 Å². The van der Waals surface area contributed by atoms with Crippen molar-refractivity contribution < 1.29 is 37.1 Å². The van der Waals surface area contributed by atoms with E-state index in [1.165, 1.54) is 11.1 Å². The second-order valence-corrected chi connectivity index (χ2v) is 7.90. The number of ether oxygens (including phenoxy) is 2. The zero-order valence-corrected chi connectivity index (χ0v) is 18.8. The number of aromatic amines is 1. The standard InChI is InChI=1S/C24H27N3O4.ClH/c1-16-22(23(24(28)29)27-26-16)13-19-4-2-17(3-5-19)12-18-6-8-20(9-7-18)30-10-11-31-21-14-25-15-21;/h2-9,21,25H,10-15H2,1H3,(H,26,27)(H,28,29);1H. The number of carbonyl (C=O) groups is 1. The van der Waals surface area contributed by atoms with Crippen molar-refractivity contribution in [3.05, 3.63) is 82.2 Å². The summed E-state index contributed by atoms with van der Waals surface area (Å²) in [7, 11) is 0. The highest BCUT2D eigenvalue weighted by molar-refractivity contribution is 5.87. The molecule has 2 aromatic carbocycles. The predicted octanol–water partition coefficient (Wildman–Crippen LogP) is -1.06. The van der Waals surface area contributed by atoms with E-state index in [1.54, 1.807) is 0 Å². The molecule has 1 fully saturated rings. The van der Waals surface area contributed by atoms with Crippen molar-refractivity contribution in [1.29, 1.82) is 0 Å². The van der Waals surface area contributed by atoms with Crippen LogP contribution in [0.5, 0.6) is 5.75 Å². The van der Waals surface area contributed by atoms with Gasteiger partial charge >= 0.3 is 5.97 Å². The van der Waals surface area contributed by atoms with E-state index in [4.69, 9.17) is 9.47 Å². The van der Waals surface area contributed by atoms with Gasteiger partial charge in [-0.15, -0.1) is 0 Å².